The summed E-state index contributed by atoms with van der Waals surface area (Å²) in [4.78, 5) is 4.37. The Bertz CT molecular complexity index is 556. The maximum Gasteiger partial charge on any atom is 0.196 e. The zero-order valence-electron chi connectivity index (χ0n) is 13.5. The molecule has 5 nitrogen and oxygen atoms in total. The molecule has 0 bridgehead atoms. The van der Waals surface area contributed by atoms with Gasteiger partial charge in [-0.1, -0.05) is 20.8 Å². The minimum absolute atomic E-state index is 0.663. The summed E-state index contributed by atoms with van der Waals surface area (Å²) in [5, 5.41) is 7.94. The van der Waals surface area contributed by atoms with Crippen molar-refractivity contribution in [1.82, 2.24) is 20.1 Å². The summed E-state index contributed by atoms with van der Waals surface area (Å²) in [6.45, 7) is 11.4. The van der Waals surface area contributed by atoms with Gasteiger partial charge in [0, 0.05) is 19.5 Å². The van der Waals surface area contributed by atoms with Crippen molar-refractivity contribution < 1.29 is 4.42 Å². The molecule has 0 amide bonds. The zero-order chi connectivity index (χ0) is 15.2. The minimum Gasteiger partial charge on any atom is -0.439 e. The van der Waals surface area contributed by atoms with Gasteiger partial charge in [0.1, 0.15) is 5.69 Å². The second kappa shape index (κ2) is 7.41. The highest BCUT2D eigenvalue weighted by atomic mass is 16.4. The van der Waals surface area contributed by atoms with E-state index in [0.29, 0.717) is 5.92 Å². The van der Waals surface area contributed by atoms with Gasteiger partial charge in [0.15, 0.2) is 11.7 Å². The van der Waals surface area contributed by atoms with Crippen molar-refractivity contribution in [3.05, 3.63) is 23.8 Å². The van der Waals surface area contributed by atoms with E-state index in [9.17, 15) is 0 Å². The van der Waals surface area contributed by atoms with Crippen LogP contribution in [0.1, 0.15) is 39.3 Å². The second-order valence-corrected chi connectivity index (χ2v) is 5.66. The molecule has 2 heterocycles. The Kier molecular flexibility index (Phi) is 5.56. The third kappa shape index (κ3) is 4.17. The number of hydrogen-bond acceptors (Lipinski definition) is 4. The lowest BCUT2D eigenvalue weighted by atomic mass is 10.2. The Balaban J connectivity index is 2.00. The fourth-order valence-corrected chi connectivity index (χ4v) is 2.21. The normalized spacial score (nSPS) is 11.5. The van der Waals surface area contributed by atoms with Crippen LogP contribution in [-0.4, -0.2) is 27.9 Å². The summed E-state index contributed by atoms with van der Waals surface area (Å²) in [6, 6.07) is 2.09. The maximum atomic E-state index is 5.87. The monoisotopic (exact) mass is 290 g/mol. The molecule has 0 saturated carbocycles. The molecule has 2 aromatic rings. The average Bonchev–Trinajstić information content (AvgIpc) is 3.09. The van der Waals surface area contributed by atoms with Crippen LogP contribution >= 0.6 is 0 Å². The molecule has 0 unspecified atom stereocenters. The van der Waals surface area contributed by atoms with E-state index in [0.717, 1.165) is 55.5 Å². The van der Waals surface area contributed by atoms with Gasteiger partial charge >= 0.3 is 0 Å². The summed E-state index contributed by atoms with van der Waals surface area (Å²) in [6.07, 6.45) is 3.55. The third-order valence-electron chi connectivity index (χ3n) is 3.37. The lowest BCUT2D eigenvalue weighted by molar-refractivity contribution is 0.478. The predicted octanol–water partition coefficient (Wildman–Crippen LogP) is 2.91. The SMILES string of the molecule is CCc1cc(-c2cnc(CCNCC(C)C)o2)n(CC)n1. The van der Waals surface area contributed by atoms with Crippen molar-refractivity contribution >= 4 is 0 Å². The maximum absolute atomic E-state index is 5.87. The Hall–Kier alpha value is -1.62. The van der Waals surface area contributed by atoms with Gasteiger partial charge in [0.25, 0.3) is 0 Å². The molecule has 21 heavy (non-hydrogen) atoms. The van der Waals surface area contributed by atoms with Crippen LogP contribution in [0.3, 0.4) is 0 Å². The van der Waals surface area contributed by atoms with Gasteiger partial charge in [-0.3, -0.25) is 4.68 Å². The minimum atomic E-state index is 0.663. The molecule has 2 rings (SSSR count). The molecule has 0 aliphatic heterocycles. The Morgan fingerprint density at radius 2 is 2.14 bits per heavy atom. The molecule has 0 spiro atoms. The fraction of sp³-hybridized carbons (Fsp3) is 0.625. The van der Waals surface area contributed by atoms with Gasteiger partial charge in [0.05, 0.1) is 11.9 Å². The lowest BCUT2D eigenvalue weighted by Gasteiger charge is -2.05. The number of rotatable bonds is 8. The first-order valence-corrected chi connectivity index (χ1v) is 7.86. The van der Waals surface area contributed by atoms with Crippen LogP contribution in [0, 0.1) is 5.92 Å². The Morgan fingerprint density at radius 1 is 1.33 bits per heavy atom. The van der Waals surface area contributed by atoms with Gasteiger partial charge in [-0.15, -0.1) is 0 Å². The van der Waals surface area contributed by atoms with E-state index in [4.69, 9.17) is 4.42 Å². The molecule has 1 N–H and O–H groups in total. The van der Waals surface area contributed by atoms with Crippen LogP contribution in [0.2, 0.25) is 0 Å². The summed E-state index contributed by atoms with van der Waals surface area (Å²) >= 11 is 0. The number of aryl methyl sites for hydroxylation is 2. The van der Waals surface area contributed by atoms with Crippen LogP contribution in [0.5, 0.6) is 0 Å². The highest BCUT2D eigenvalue weighted by Crippen LogP contribution is 2.22. The highest BCUT2D eigenvalue weighted by molar-refractivity contribution is 5.52. The van der Waals surface area contributed by atoms with Crippen molar-refractivity contribution in [2.45, 2.75) is 47.1 Å². The van der Waals surface area contributed by atoms with E-state index >= 15 is 0 Å². The molecule has 5 heteroatoms. The molecule has 2 aromatic heterocycles. The van der Waals surface area contributed by atoms with Gasteiger partial charge in [-0.25, -0.2) is 4.98 Å². The predicted molar refractivity (Wildman–Crippen MR) is 84.2 cm³/mol. The molecular weight excluding hydrogens is 264 g/mol. The van der Waals surface area contributed by atoms with Crippen molar-refractivity contribution in [2.24, 2.45) is 5.92 Å². The molecule has 116 valence electrons. The molecule has 0 aromatic carbocycles. The molecule has 0 atom stereocenters. The number of aromatic nitrogens is 3. The summed E-state index contributed by atoms with van der Waals surface area (Å²) in [7, 11) is 0. The first-order valence-electron chi connectivity index (χ1n) is 7.86. The van der Waals surface area contributed by atoms with Gasteiger partial charge in [-0.2, -0.15) is 5.10 Å². The van der Waals surface area contributed by atoms with Crippen LogP contribution in [-0.2, 0) is 19.4 Å². The van der Waals surface area contributed by atoms with Crippen molar-refractivity contribution in [1.29, 1.82) is 0 Å². The Morgan fingerprint density at radius 3 is 2.81 bits per heavy atom. The topological polar surface area (TPSA) is 55.9 Å². The zero-order valence-corrected chi connectivity index (χ0v) is 13.5. The van der Waals surface area contributed by atoms with Crippen molar-refractivity contribution in [3.8, 4) is 11.5 Å². The van der Waals surface area contributed by atoms with E-state index in [1.807, 2.05) is 4.68 Å². The van der Waals surface area contributed by atoms with E-state index in [1.165, 1.54) is 0 Å². The summed E-state index contributed by atoms with van der Waals surface area (Å²) in [5.41, 5.74) is 2.10. The summed E-state index contributed by atoms with van der Waals surface area (Å²) < 4.78 is 7.84. The molecule has 0 aliphatic rings. The quantitative estimate of drug-likeness (QED) is 0.760. The van der Waals surface area contributed by atoms with Gasteiger partial charge < -0.3 is 9.73 Å². The smallest absolute Gasteiger partial charge is 0.196 e. The van der Waals surface area contributed by atoms with Crippen LogP contribution in [0.25, 0.3) is 11.5 Å². The first-order chi connectivity index (χ1) is 10.1. The second-order valence-electron chi connectivity index (χ2n) is 5.66. The van der Waals surface area contributed by atoms with Crippen LogP contribution in [0.4, 0.5) is 0 Å². The first kappa shape index (κ1) is 15.8. The fourth-order valence-electron chi connectivity index (χ4n) is 2.21. The molecular formula is C16H26N4O. The van der Waals surface area contributed by atoms with E-state index in [-0.39, 0.29) is 0 Å². The van der Waals surface area contributed by atoms with Crippen LogP contribution < -0.4 is 5.32 Å². The third-order valence-corrected chi connectivity index (χ3v) is 3.37. The molecule has 0 radical (unpaired) electrons. The average molecular weight is 290 g/mol. The highest BCUT2D eigenvalue weighted by Gasteiger charge is 2.13. The standard InChI is InChI=1S/C16H26N4O/c1-5-13-9-14(20(6-2)19-13)15-11-18-16(21-15)7-8-17-10-12(3)4/h9,11-12,17H,5-8,10H2,1-4H3. The molecule has 0 saturated heterocycles. The van der Waals surface area contributed by atoms with E-state index in [2.05, 4.69) is 49.2 Å². The largest absolute Gasteiger partial charge is 0.439 e. The lowest BCUT2D eigenvalue weighted by Crippen LogP contribution is -2.22. The molecule has 0 aliphatic carbocycles. The van der Waals surface area contributed by atoms with E-state index < -0.39 is 0 Å². The van der Waals surface area contributed by atoms with Gasteiger partial charge in [-0.05, 0) is 31.9 Å². The van der Waals surface area contributed by atoms with Crippen molar-refractivity contribution in [2.75, 3.05) is 13.1 Å². The Labute approximate surface area is 126 Å². The molecule has 0 fully saturated rings. The van der Waals surface area contributed by atoms with Crippen molar-refractivity contribution in [3.63, 3.8) is 0 Å². The number of nitrogens with one attached hydrogen (secondary N) is 1. The number of oxazole rings is 1. The van der Waals surface area contributed by atoms with E-state index in [1.54, 1.807) is 6.20 Å². The number of hydrogen-bond donors (Lipinski definition) is 1. The number of nitrogens with zero attached hydrogens (tertiary/aromatic N) is 3. The van der Waals surface area contributed by atoms with Crippen LogP contribution in [0.15, 0.2) is 16.7 Å². The summed E-state index contributed by atoms with van der Waals surface area (Å²) in [5.74, 6) is 2.25. The van der Waals surface area contributed by atoms with Gasteiger partial charge in [0.2, 0.25) is 0 Å².